The van der Waals surface area contributed by atoms with Gasteiger partial charge in [-0.1, -0.05) is 6.92 Å². The van der Waals surface area contributed by atoms with Gasteiger partial charge in [0.25, 0.3) is 0 Å². The van der Waals surface area contributed by atoms with Crippen LogP contribution in [0.25, 0.3) is 0 Å². The van der Waals surface area contributed by atoms with Crippen molar-refractivity contribution < 1.29 is 9.47 Å². The number of ether oxygens (including phenoxy) is 2. The molecule has 0 amide bonds. The number of hydrogen-bond donors (Lipinski definition) is 1. The summed E-state index contributed by atoms with van der Waals surface area (Å²) in [5.74, 6) is 0. The molecule has 0 aromatic carbocycles. The predicted octanol–water partition coefficient (Wildman–Crippen LogP) is 1.96. The zero-order valence-corrected chi connectivity index (χ0v) is 10.3. The van der Waals surface area contributed by atoms with Crippen LogP contribution in [0, 0.1) is 0 Å². The van der Waals surface area contributed by atoms with Crippen LogP contribution in [0.3, 0.4) is 0 Å². The lowest BCUT2D eigenvalue weighted by molar-refractivity contribution is -0.0201. The Morgan fingerprint density at radius 2 is 2.00 bits per heavy atom. The Hall–Kier alpha value is -0.120. The molecule has 0 aliphatic carbocycles. The maximum absolute atomic E-state index is 5.78. The second-order valence-corrected chi connectivity index (χ2v) is 4.80. The third kappa shape index (κ3) is 5.50. The van der Waals surface area contributed by atoms with E-state index in [1.54, 1.807) is 0 Å². The predicted molar refractivity (Wildman–Crippen MR) is 62.2 cm³/mol. The maximum Gasteiger partial charge on any atom is 0.0624 e. The first kappa shape index (κ1) is 12.9. The fraction of sp³-hybridized carbons (Fsp3) is 1.00. The van der Waals surface area contributed by atoms with Crippen molar-refractivity contribution in [2.75, 3.05) is 26.4 Å². The van der Waals surface area contributed by atoms with Crippen molar-refractivity contribution in [1.82, 2.24) is 5.32 Å². The first-order valence-electron chi connectivity index (χ1n) is 6.09. The number of rotatable bonds is 6. The molecule has 1 saturated heterocycles. The van der Waals surface area contributed by atoms with E-state index in [2.05, 4.69) is 26.1 Å². The van der Waals surface area contributed by atoms with E-state index in [0.29, 0.717) is 6.04 Å². The third-order valence-corrected chi connectivity index (χ3v) is 3.10. The summed E-state index contributed by atoms with van der Waals surface area (Å²) >= 11 is 0. The van der Waals surface area contributed by atoms with Gasteiger partial charge in [-0.25, -0.2) is 0 Å². The van der Waals surface area contributed by atoms with E-state index >= 15 is 0 Å². The summed E-state index contributed by atoms with van der Waals surface area (Å²) in [6.45, 7) is 10.00. The maximum atomic E-state index is 5.78. The molecule has 0 unspecified atom stereocenters. The molecule has 1 rings (SSSR count). The molecule has 0 radical (unpaired) electrons. The van der Waals surface area contributed by atoms with Crippen LogP contribution >= 0.6 is 0 Å². The minimum absolute atomic E-state index is 0.0252. The Balaban J connectivity index is 2.00. The molecular formula is C12H25NO2. The van der Waals surface area contributed by atoms with Crippen molar-refractivity contribution in [2.24, 2.45) is 0 Å². The molecule has 0 atom stereocenters. The fourth-order valence-corrected chi connectivity index (χ4v) is 1.59. The van der Waals surface area contributed by atoms with Gasteiger partial charge in [0.05, 0.1) is 12.2 Å². The SMILES string of the molecule is CCC(C)(C)OCCNC1CCOCC1. The van der Waals surface area contributed by atoms with Crippen LogP contribution in [0.15, 0.2) is 0 Å². The monoisotopic (exact) mass is 215 g/mol. The van der Waals surface area contributed by atoms with Gasteiger partial charge in [-0.2, -0.15) is 0 Å². The topological polar surface area (TPSA) is 30.5 Å². The minimum atomic E-state index is 0.0252. The summed E-state index contributed by atoms with van der Waals surface area (Å²) in [6, 6.07) is 0.632. The molecule has 90 valence electrons. The summed E-state index contributed by atoms with van der Waals surface area (Å²) in [5.41, 5.74) is 0.0252. The molecule has 0 saturated carbocycles. The molecule has 1 fully saturated rings. The molecule has 1 aliphatic heterocycles. The van der Waals surface area contributed by atoms with Crippen LogP contribution in [0.1, 0.15) is 40.0 Å². The zero-order valence-electron chi connectivity index (χ0n) is 10.3. The van der Waals surface area contributed by atoms with E-state index in [1.807, 2.05) is 0 Å². The van der Waals surface area contributed by atoms with Crippen LogP contribution in [0.5, 0.6) is 0 Å². The highest BCUT2D eigenvalue weighted by Crippen LogP contribution is 2.12. The third-order valence-electron chi connectivity index (χ3n) is 3.10. The van der Waals surface area contributed by atoms with Gasteiger partial charge in [0.1, 0.15) is 0 Å². The van der Waals surface area contributed by atoms with E-state index in [-0.39, 0.29) is 5.60 Å². The second-order valence-electron chi connectivity index (χ2n) is 4.80. The summed E-state index contributed by atoms with van der Waals surface area (Å²) in [5, 5.41) is 3.51. The first-order chi connectivity index (χ1) is 7.14. The summed E-state index contributed by atoms with van der Waals surface area (Å²) in [7, 11) is 0. The highest BCUT2D eigenvalue weighted by Gasteiger charge is 2.16. The fourth-order valence-electron chi connectivity index (χ4n) is 1.59. The molecule has 3 heteroatoms. The van der Waals surface area contributed by atoms with Gasteiger partial charge in [0.2, 0.25) is 0 Å². The second kappa shape index (κ2) is 6.46. The van der Waals surface area contributed by atoms with Gasteiger partial charge in [0.15, 0.2) is 0 Å². The van der Waals surface area contributed by atoms with Crippen molar-refractivity contribution in [1.29, 1.82) is 0 Å². The lowest BCUT2D eigenvalue weighted by Gasteiger charge is -2.26. The van der Waals surface area contributed by atoms with Crippen LogP contribution in [0.2, 0.25) is 0 Å². The normalized spacial score (nSPS) is 19.4. The van der Waals surface area contributed by atoms with Gasteiger partial charge >= 0.3 is 0 Å². The molecule has 1 N–H and O–H groups in total. The molecule has 0 spiro atoms. The molecule has 0 bridgehead atoms. The standard InChI is InChI=1S/C12H25NO2/c1-4-12(2,3)15-10-7-13-11-5-8-14-9-6-11/h11,13H,4-10H2,1-3H3. The molecule has 1 heterocycles. The van der Waals surface area contributed by atoms with Crippen molar-refractivity contribution in [3.63, 3.8) is 0 Å². The van der Waals surface area contributed by atoms with Crippen LogP contribution in [-0.4, -0.2) is 38.0 Å². The van der Waals surface area contributed by atoms with E-state index in [0.717, 1.165) is 45.6 Å². The summed E-state index contributed by atoms with van der Waals surface area (Å²) in [6.07, 6.45) is 3.33. The first-order valence-corrected chi connectivity index (χ1v) is 6.09. The Morgan fingerprint density at radius 3 is 2.60 bits per heavy atom. The molecule has 1 aliphatic rings. The molecule has 15 heavy (non-hydrogen) atoms. The van der Waals surface area contributed by atoms with E-state index in [4.69, 9.17) is 9.47 Å². The number of hydrogen-bond acceptors (Lipinski definition) is 3. The highest BCUT2D eigenvalue weighted by atomic mass is 16.5. The van der Waals surface area contributed by atoms with Crippen LogP contribution in [0.4, 0.5) is 0 Å². The molecule has 0 aromatic rings. The molecule has 0 aromatic heterocycles. The van der Waals surface area contributed by atoms with Crippen molar-refractivity contribution >= 4 is 0 Å². The molecule has 3 nitrogen and oxygen atoms in total. The Morgan fingerprint density at radius 1 is 1.33 bits per heavy atom. The van der Waals surface area contributed by atoms with E-state index < -0.39 is 0 Å². The van der Waals surface area contributed by atoms with Gasteiger partial charge < -0.3 is 14.8 Å². The summed E-state index contributed by atoms with van der Waals surface area (Å²) < 4.78 is 11.1. The van der Waals surface area contributed by atoms with Crippen molar-refractivity contribution in [3.05, 3.63) is 0 Å². The molecular weight excluding hydrogens is 190 g/mol. The van der Waals surface area contributed by atoms with E-state index in [9.17, 15) is 0 Å². The largest absolute Gasteiger partial charge is 0.381 e. The van der Waals surface area contributed by atoms with Crippen LogP contribution < -0.4 is 5.32 Å². The average Bonchev–Trinajstić information content (AvgIpc) is 2.26. The van der Waals surface area contributed by atoms with Gasteiger partial charge in [-0.3, -0.25) is 0 Å². The van der Waals surface area contributed by atoms with E-state index in [1.165, 1.54) is 0 Å². The Kier molecular flexibility index (Phi) is 5.58. The quantitative estimate of drug-likeness (QED) is 0.687. The Labute approximate surface area is 93.5 Å². The van der Waals surface area contributed by atoms with Crippen molar-refractivity contribution in [3.8, 4) is 0 Å². The number of nitrogens with one attached hydrogen (secondary N) is 1. The van der Waals surface area contributed by atoms with Gasteiger partial charge in [-0.15, -0.1) is 0 Å². The summed E-state index contributed by atoms with van der Waals surface area (Å²) in [4.78, 5) is 0. The zero-order chi connectivity index (χ0) is 11.1. The highest BCUT2D eigenvalue weighted by molar-refractivity contribution is 4.70. The minimum Gasteiger partial charge on any atom is -0.381 e. The van der Waals surface area contributed by atoms with Crippen molar-refractivity contribution in [2.45, 2.75) is 51.7 Å². The van der Waals surface area contributed by atoms with Crippen LogP contribution in [-0.2, 0) is 9.47 Å². The lowest BCUT2D eigenvalue weighted by atomic mass is 10.1. The Bertz CT molecular complexity index is 165. The van der Waals surface area contributed by atoms with Gasteiger partial charge in [0, 0.05) is 25.8 Å². The average molecular weight is 215 g/mol. The smallest absolute Gasteiger partial charge is 0.0624 e. The van der Waals surface area contributed by atoms with Gasteiger partial charge in [-0.05, 0) is 33.1 Å². The lowest BCUT2D eigenvalue weighted by Crippen LogP contribution is -2.38.